The summed E-state index contributed by atoms with van der Waals surface area (Å²) in [6.07, 6.45) is 3.55. The Bertz CT molecular complexity index is 956. The molecule has 3 rings (SSSR count). The Kier molecular flexibility index (Phi) is 6.99. The summed E-state index contributed by atoms with van der Waals surface area (Å²) >= 11 is 3.22. The lowest BCUT2D eigenvalue weighted by Gasteiger charge is -2.23. The lowest BCUT2D eigenvalue weighted by Crippen LogP contribution is -2.38. The van der Waals surface area contributed by atoms with Crippen LogP contribution in [-0.2, 0) is 4.79 Å². The van der Waals surface area contributed by atoms with Crippen LogP contribution in [-0.4, -0.2) is 42.0 Å². The van der Waals surface area contributed by atoms with Gasteiger partial charge < -0.3 is 4.90 Å². The molecule has 0 saturated heterocycles. The molecular formula is C22H27N3OS2. The van der Waals surface area contributed by atoms with Gasteiger partial charge in [-0.1, -0.05) is 37.3 Å². The summed E-state index contributed by atoms with van der Waals surface area (Å²) in [5.41, 5.74) is 3.41. The minimum Gasteiger partial charge on any atom is -0.302 e. The van der Waals surface area contributed by atoms with Gasteiger partial charge >= 0.3 is 0 Å². The van der Waals surface area contributed by atoms with E-state index in [0.29, 0.717) is 6.54 Å². The standard InChI is InChI=1S/C22H27N3OS2/c1-5-24(6-2)13-14-25(20(26)12-10-18-8-7-15-27-18)22-23-21-17(4)16(3)9-11-19(21)28-22/h7-12,15H,5-6,13-14H2,1-4H3/b12-10+. The number of benzene rings is 1. The Balaban J connectivity index is 1.90. The van der Waals surface area contributed by atoms with Crippen molar-refractivity contribution >= 4 is 50.0 Å². The predicted octanol–water partition coefficient (Wildman–Crippen LogP) is 5.36. The number of hydrogen-bond acceptors (Lipinski definition) is 5. The molecule has 0 N–H and O–H groups in total. The molecular weight excluding hydrogens is 386 g/mol. The highest BCUT2D eigenvalue weighted by molar-refractivity contribution is 7.22. The number of rotatable bonds is 8. The van der Waals surface area contributed by atoms with Gasteiger partial charge in [0.05, 0.1) is 10.2 Å². The second-order valence-electron chi connectivity index (χ2n) is 6.72. The fourth-order valence-electron chi connectivity index (χ4n) is 3.04. The van der Waals surface area contributed by atoms with E-state index in [-0.39, 0.29) is 5.91 Å². The Hall–Kier alpha value is -2.02. The molecule has 0 bridgehead atoms. The maximum atomic E-state index is 13.0. The van der Waals surface area contributed by atoms with Gasteiger partial charge in [0, 0.05) is 24.0 Å². The van der Waals surface area contributed by atoms with Crippen molar-refractivity contribution in [2.24, 2.45) is 0 Å². The molecule has 0 aliphatic carbocycles. The van der Waals surface area contributed by atoms with Gasteiger partial charge in [-0.05, 0) is 61.7 Å². The van der Waals surface area contributed by atoms with Crippen molar-refractivity contribution in [1.29, 1.82) is 0 Å². The number of carbonyl (C=O) groups excluding carboxylic acids is 1. The Morgan fingerprint density at radius 3 is 2.61 bits per heavy atom. The van der Waals surface area contributed by atoms with E-state index in [4.69, 9.17) is 4.98 Å². The summed E-state index contributed by atoms with van der Waals surface area (Å²) in [7, 11) is 0. The van der Waals surface area contributed by atoms with Gasteiger partial charge in [-0.15, -0.1) is 11.3 Å². The number of amides is 1. The highest BCUT2D eigenvalue weighted by Crippen LogP contribution is 2.32. The van der Waals surface area contributed by atoms with E-state index in [9.17, 15) is 4.79 Å². The van der Waals surface area contributed by atoms with Gasteiger partial charge in [0.2, 0.25) is 0 Å². The number of likely N-dealkylation sites (N-methyl/N-ethyl adjacent to an activating group) is 1. The number of fused-ring (bicyclic) bond motifs is 1. The minimum absolute atomic E-state index is 0.0195. The summed E-state index contributed by atoms with van der Waals surface area (Å²) in [5, 5.41) is 2.79. The molecule has 148 valence electrons. The second kappa shape index (κ2) is 9.45. The monoisotopic (exact) mass is 413 g/mol. The zero-order chi connectivity index (χ0) is 20.1. The summed E-state index contributed by atoms with van der Waals surface area (Å²) in [6, 6.07) is 8.23. The Morgan fingerprint density at radius 2 is 1.93 bits per heavy atom. The summed E-state index contributed by atoms with van der Waals surface area (Å²) in [5.74, 6) is -0.0195. The van der Waals surface area contributed by atoms with E-state index in [1.807, 2.05) is 28.5 Å². The van der Waals surface area contributed by atoms with Gasteiger partial charge in [0.1, 0.15) is 0 Å². The first kappa shape index (κ1) is 20.7. The van der Waals surface area contributed by atoms with Crippen molar-refractivity contribution < 1.29 is 4.79 Å². The Morgan fingerprint density at radius 1 is 1.14 bits per heavy atom. The number of thiazole rings is 1. The molecule has 2 aromatic heterocycles. The van der Waals surface area contributed by atoms with Gasteiger partial charge in [-0.25, -0.2) is 4.98 Å². The molecule has 0 saturated carbocycles. The molecule has 6 heteroatoms. The highest BCUT2D eigenvalue weighted by Gasteiger charge is 2.19. The van der Waals surface area contributed by atoms with E-state index in [1.165, 1.54) is 11.1 Å². The first-order valence-corrected chi connectivity index (χ1v) is 11.3. The molecule has 0 atom stereocenters. The van der Waals surface area contributed by atoms with Crippen LogP contribution in [0.25, 0.3) is 16.3 Å². The molecule has 1 aromatic carbocycles. The van der Waals surface area contributed by atoms with Crippen LogP contribution in [0.1, 0.15) is 29.9 Å². The third-order valence-corrected chi connectivity index (χ3v) is 6.92. The second-order valence-corrected chi connectivity index (χ2v) is 8.70. The zero-order valence-corrected chi connectivity index (χ0v) is 18.6. The molecule has 4 nitrogen and oxygen atoms in total. The molecule has 28 heavy (non-hydrogen) atoms. The average Bonchev–Trinajstić information content (AvgIpc) is 3.36. The first-order chi connectivity index (χ1) is 13.5. The maximum Gasteiger partial charge on any atom is 0.252 e. The molecule has 0 aliphatic heterocycles. The van der Waals surface area contributed by atoms with Gasteiger partial charge in [0.15, 0.2) is 5.13 Å². The van der Waals surface area contributed by atoms with Crippen molar-refractivity contribution in [2.45, 2.75) is 27.7 Å². The van der Waals surface area contributed by atoms with Crippen molar-refractivity contribution in [2.75, 3.05) is 31.1 Å². The highest BCUT2D eigenvalue weighted by atomic mass is 32.1. The molecule has 0 radical (unpaired) electrons. The van der Waals surface area contributed by atoms with Gasteiger partial charge in [0.25, 0.3) is 5.91 Å². The third kappa shape index (κ3) is 4.69. The smallest absolute Gasteiger partial charge is 0.252 e. The van der Waals surface area contributed by atoms with E-state index < -0.39 is 0 Å². The van der Waals surface area contributed by atoms with E-state index in [2.05, 4.69) is 44.7 Å². The number of aryl methyl sites for hydroxylation is 2. The fraction of sp³-hybridized carbons (Fsp3) is 0.364. The summed E-state index contributed by atoms with van der Waals surface area (Å²) < 4.78 is 1.13. The summed E-state index contributed by atoms with van der Waals surface area (Å²) in [6.45, 7) is 11.9. The topological polar surface area (TPSA) is 36.4 Å². The number of anilines is 1. The Labute approximate surface area is 175 Å². The average molecular weight is 414 g/mol. The van der Waals surface area contributed by atoms with Crippen molar-refractivity contribution in [3.8, 4) is 0 Å². The van der Waals surface area contributed by atoms with Crippen LogP contribution in [0, 0.1) is 13.8 Å². The van der Waals surface area contributed by atoms with Crippen LogP contribution in [0.15, 0.2) is 35.7 Å². The number of nitrogens with zero attached hydrogens (tertiary/aromatic N) is 3. The summed E-state index contributed by atoms with van der Waals surface area (Å²) in [4.78, 5) is 23.1. The van der Waals surface area contributed by atoms with Crippen molar-refractivity contribution in [1.82, 2.24) is 9.88 Å². The largest absolute Gasteiger partial charge is 0.302 e. The lowest BCUT2D eigenvalue weighted by atomic mass is 10.1. The number of aromatic nitrogens is 1. The third-order valence-electron chi connectivity index (χ3n) is 5.04. The molecule has 3 aromatic rings. The van der Waals surface area contributed by atoms with Crippen LogP contribution in [0.2, 0.25) is 0 Å². The van der Waals surface area contributed by atoms with Crippen molar-refractivity contribution in [3.63, 3.8) is 0 Å². The van der Waals surface area contributed by atoms with E-state index in [0.717, 1.165) is 39.9 Å². The molecule has 0 fully saturated rings. The minimum atomic E-state index is -0.0195. The fourth-order valence-corrected chi connectivity index (χ4v) is 4.72. The van der Waals surface area contributed by atoms with Crippen LogP contribution in [0.4, 0.5) is 5.13 Å². The van der Waals surface area contributed by atoms with Crippen LogP contribution in [0.5, 0.6) is 0 Å². The van der Waals surface area contributed by atoms with Gasteiger partial charge in [-0.3, -0.25) is 9.69 Å². The van der Waals surface area contributed by atoms with Gasteiger partial charge in [-0.2, -0.15) is 0 Å². The van der Waals surface area contributed by atoms with E-state index >= 15 is 0 Å². The van der Waals surface area contributed by atoms with Crippen LogP contribution >= 0.6 is 22.7 Å². The van der Waals surface area contributed by atoms with E-state index in [1.54, 1.807) is 28.7 Å². The molecule has 2 heterocycles. The number of hydrogen-bond donors (Lipinski definition) is 0. The number of thiophene rings is 1. The molecule has 0 unspecified atom stereocenters. The first-order valence-electron chi connectivity index (χ1n) is 9.65. The SMILES string of the molecule is CCN(CC)CCN(C(=O)/C=C/c1cccs1)c1nc2c(C)c(C)ccc2s1. The number of carbonyl (C=O) groups is 1. The van der Waals surface area contributed by atoms with Crippen LogP contribution in [0.3, 0.4) is 0 Å². The molecule has 0 spiro atoms. The molecule has 1 amide bonds. The lowest BCUT2D eigenvalue weighted by molar-refractivity contribution is -0.114. The molecule has 0 aliphatic rings. The maximum absolute atomic E-state index is 13.0. The van der Waals surface area contributed by atoms with Crippen LogP contribution < -0.4 is 4.90 Å². The zero-order valence-electron chi connectivity index (χ0n) is 16.9. The van der Waals surface area contributed by atoms with Crippen molar-refractivity contribution in [3.05, 3.63) is 51.7 Å². The normalized spacial score (nSPS) is 11.8. The quantitative estimate of drug-likeness (QED) is 0.466. The predicted molar refractivity (Wildman–Crippen MR) is 123 cm³/mol.